The number of rotatable bonds is 8. The lowest BCUT2D eigenvalue weighted by Crippen LogP contribution is -2.33. The molecule has 1 amide bonds. The molecule has 0 aliphatic carbocycles. The van der Waals surface area contributed by atoms with Crippen molar-refractivity contribution in [1.29, 1.82) is 0 Å². The molecule has 0 bridgehead atoms. The van der Waals surface area contributed by atoms with Crippen LogP contribution in [-0.2, 0) is 0 Å². The van der Waals surface area contributed by atoms with Crippen molar-refractivity contribution in [2.24, 2.45) is 0 Å². The molecule has 0 saturated heterocycles. The average Bonchev–Trinajstić information content (AvgIpc) is 2.52. The molecule has 5 nitrogen and oxygen atoms in total. The molecule has 0 aliphatic rings. The van der Waals surface area contributed by atoms with Crippen molar-refractivity contribution in [3.63, 3.8) is 0 Å². The first-order valence-electron chi connectivity index (χ1n) is 6.78. The van der Waals surface area contributed by atoms with Crippen molar-refractivity contribution in [3.8, 4) is 17.2 Å². The van der Waals surface area contributed by atoms with Gasteiger partial charge in [0.15, 0.2) is 11.5 Å². The fourth-order valence-corrected chi connectivity index (χ4v) is 2.48. The summed E-state index contributed by atoms with van der Waals surface area (Å²) in [5.41, 5.74) is 0.476. The van der Waals surface area contributed by atoms with Gasteiger partial charge in [-0.05, 0) is 6.42 Å². The summed E-state index contributed by atoms with van der Waals surface area (Å²) in [6.45, 7) is 3.38. The van der Waals surface area contributed by atoms with Gasteiger partial charge in [-0.3, -0.25) is 4.79 Å². The van der Waals surface area contributed by atoms with Gasteiger partial charge in [0.25, 0.3) is 5.91 Å². The van der Waals surface area contributed by atoms with Gasteiger partial charge in [0.2, 0.25) is 0 Å². The SMILES string of the molecule is CCCN(CCBr)C(=O)c1cc(OC)c(OC)cc1OC. The van der Waals surface area contributed by atoms with Gasteiger partial charge in [-0.2, -0.15) is 0 Å². The average molecular weight is 360 g/mol. The molecule has 0 heterocycles. The fourth-order valence-electron chi connectivity index (χ4n) is 2.05. The van der Waals surface area contributed by atoms with E-state index in [0.717, 1.165) is 11.8 Å². The van der Waals surface area contributed by atoms with Gasteiger partial charge in [0.1, 0.15) is 5.75 Å². The first-order chi connectivity index (χ1) is 10.1. The van der Waals surface area contributed by atoms with Gasteiger partial charge in [0, 0.05) is 30.6 Å². The van der Waals surface area contributed by atoms with E-state index in [2.05, 4.69) is 15.9 Å². The van der Waals surface area contributed by atoms with E-state index in [-0.39, 0.29) is 5.91 Å². The number of ether oxygens (including phenoxy) is 3. The van der Waals surface area contributed by atoms with Crippen LogP contribution in [0.3, 0.4) is 0 Å². The Morgan fingerprint density at radius 3 is 2.10 bits per heavy atom. The zero-order valence-corrected chi connectivity index (χ0v) is 14.5. The normalized spacial score (nSPS) is 10.1. The zero-order chi connectivity index (χ0) is 15.8. The van der Waals surface area contributed by atoms with Gasteiger partial charge >= 0.3 is 0 Å². The highest BCUT2D eigenvalue weighted by molar-refractivity contribution is 9.09. The van der Waals surface area contributed by atoms with Gasteiger partial charge in [-0.25, -0.2) is 0 Å². The zero-order valence-electron chi connectivity index (χ0n) is 12.9. The predicted molar refractivity (Wildman–Crippen MR) is 86.1 cm³/mol. The monoisotopic (exact) mass is 359 g/mol. The van der Waals surface area contributed by atoms with Crippen molar-refractivity contribution in [2.75, 3.05) is 39.7 Å². The van der Waals surface area contributed by atoms with E-state index in [9.17, 15) is 4.79 Å². The van der Waals surface area contributed by atoms with Crippen molar-refractivity contribution < 1.29 is 19.0 Å². The highest BCUT2D eigenvalue weighted by Crippen LogP contribution is 2.35. The predicted octanol–water partition coefficient (Wildman–Crippen LogP) is 2.96. The van der Waals surface area contributed by atoms with Crippen LogP contribution < -0.4 is 14.2 Å². The van der Waals surface area contributed by atoms with Crippen LogP contribution >= 0.6 is 15.9 Å². The Balaban J connectivity index is 3.22. The molecule has 0 N–H and O–H groups in total. The fraction of sp³-hybridized carbons (Fsp3) is 0.533. The second kappa shape index (κ2) is 8.77. The van der Waals surface area contributed by atoms with Crippen LogP contribution in [0.1, 0.15) is 23.7 Å². The number of amides is 1. The largest absolute Gasteiger partial charge is 0.496 e. The molecule has 0 saturated carbocycles. The molecule has 1 aromatic rings. The molecule has 0 fully saturated rings. The molecule has 0 atom stereocenters. The van der Waals surface area contributed by atoms with Crippen LogP contribution in [0.2, 0.25) is 0 Å². The van der Waals surface area contributed by atoms with Crippen LogP contribution in [-0.4, -0.2) is 50.6 Å². The lowest BCUT2D eigenvalue weighted by Gasteiger charge is -2.23. The number of carbonyl (C=O) groups excluding carboxylic acids is 1. The van der Waals surface area contributed by atoms with Crippen LogP contribution in [0.4, 0.5) is 0 Å². The summed E-state index contributed by atoms with van der Waals surface area (Å²) in [6, 6.07) is 3.33. The highest BCUT2D eigenvalue weighted by atomic mass is 79.9. The Morgan fingerprint density at radius 1 is 1.05 bits per heavy atom. The summed E-state index contributed by atoms with van der Waals surface area (Å²) >= 11 is 3.38. The lowest BCUT2D eigenvalue weighted by atomic mass is 10.1. The summed E-state index contributed by atoms with van der Waals surface area (Å²) in [7, 11) is 4.63. The molecular formula is C15H22BrNO4. The Hall–Kier alpha value is -1.43. The minimum absolute atomic E-state index is 0.0749. The summed E-state index contributed by atoms with van der Waals surface area (Å²) < 4.78 is 15.8. The van der Waals surface area contributed by atoms with E-state index in [1.54, 1.807) is 31.3 Å². The van der Waals surface area contributed by atoms with E-state index in [4.69, 9.17) is 14.2 Å². The Bertz CT molecular complexity index is 473. The van der Waals surface area contributed by atoms with E-state index in [1.165, 1.54) is 7.11 Å². The Labute approximate surface area is 134 Å². The number of methoxy groups -OCH3 is 3. The summed E-state index contributed by atoms with van der Waals surface area (Å²) in [5, 5.41) is 0.731. The maximum absolute atomic E-state index is 12.7. The molecular weight excluding hydrogens is 338 g/mol. The third-order valence-corrected chi connectivity index (χ3v) is 3.43. The van der Waals surface area contributed by atoms with Crippen molar-refractivity contribution >= 4 is 21.8 Å². The Kier molecular flexibility index (Phi) is 7.36. The van der Waals surface area contributed by atoms with Gasteiger partial charge in [-0.15, -0.1) is 0 Å². The van der Waals surface area contributed by atoms with Gasteiger partial charge < -0.3 is 19.1 Å². The molecule has 0 radical (unpaired) electrons. The second-order valence-corrected chi connectivity index (χ2v) is 5.18. The molecule has 118 valence electrons. The Morgan fingerprint density at radius 2 is 1.62 bits per heavy atom. The number of nitrogens with zero attached hydrogens (tertiary/aromatic N) is 1. The smallest absolute Gasteiger partial charge is 0.257 e. The third-order valence-electron chi connectivity index (χ3n) is 3.07. The highest BCUT2D eigenvalue weighted by Gasteiger charge is 2.21. The van der Waals surface area contributed by atoms with Crippen molar-refractivity contribution in [3.05, 3.63) is 17.7 Å². The third kappa shape index (κ3) is 4.27. The number of alkyl halides is 1. The maximum atomic E-state index is 12.7. The van der Waals surface area contributed by atoms with E-state index >= 15 is 0 Å². The van der Waals surface area contributed by atoms with Gasteiger partial charge in [0.05, 0.1) is 26.9 Å². The molecule has 21 heavy (non-hydrogen) atoms. The maximum Gasteiger partial charge on any atom is 0.257 e. The minimum Gasteiger partial charge on any atom is -0.496 e. The molecule has 0 spiro atoms. The summed E-state index contributed by atoms with van der Waals surface area (Å²) in [4.78, 5) is 14.5. The van der Waals surface area contributed by atoms with Gasteiger partial charge in [-0.1, -0.05) is 22.9 Å². The van der Waals surface area contributed by atoms with Crippen LogP contribution in [0, 0.1) is 0 Å². The second-order valence-electron chi connectivity index (χ2n) is 4.39. The minimum atomic E-state index is -0.0749. The molecule has 1 aromatic carbocycles. The van der Waals surface area contributed by atoms with E-state index < -0.39 is 0 Å². The first-order valence-corrected chi connectivity index (χ1v) is 7.90. The number of hydrogen-bond donors (Lipinski definition) is 0. The molecule has 0 aromatic heterocycles. The van der Waals surface area contributed by atoms with E-state index in [1.807, 2.05) is 6.92 Å². The van der Waals surface area contributed by atoms with Crippen LogP contribution in [0.15, 0.2) is 12.1 Å². The van der Waals surface area contributed by atoms with Crippen LogP contribution in [0.5, 0.6) is 17.2 Å². The molecule has 1 rings (SSSR count). The summed E-state index contributed by atoms with van der Waals surface area (Å²) in [6.07, 6.45) is 0.897. The standard InChI is InChI=1S/C15H22BrNO4/c1-5-7-17(8-6-16)15(18)11-9-13(20-3)14(21-4)10-12(11)19-2/h9-10H,5-8H2,1-4H3. The van der Waals surface area contributed by atoms with E-state index in [0.29, 0.717) is 35.9 Å². The van der Waals surface area contributed by atoms with Crippen molar-refractivity contribution in [1.82, 2.24) is 4.90 Å². The number of benzene rings is 1. The summed E-state index contributed by atoms with van der Waals surface area (Å²) in [5.74, 6) is 1.45. The lowest BCUT2D eigenvalue weighted by molar-refractivity contribution is 0.0762. The quantitative estimate of drug-likeness (QED) is 0.669. The number of halogens is 1. The van der Waals surface area contributed by atoms with Crippen LogP contribution in [0.25, 0.3) is 0 Å². The number of carbonyl (C=O) groups is 1. The van der Waals surface area contributed by atoms with Crippen molar-refractivity contribution in [2.45, 2.75) is 13.3 Å². The first kappa shape index (κ1) is 17.6. The molecule has 0 aliphatic heterocycles. The molecule has 0 unspecified atom stereocenters. The number of hydrogen-bond acceptors (Lipinski definition) is 4. The molecule has 6 heteroatoms. The topological polar surface area (TPSA) is 48.0 Å².